The first kappa shape index (κ1) is 17.9. The molecular formula is C23H21N3O2. The summed E-state index contributed by atoms with van der Waals surface area (Å²) >= 11 is 0. The molecule has 0 spiro atoms. The molecule has 0 aliphatic carbocycles. The van der Waals surface area contributed by atoms with Crippen molar-refractivity contribution in [1.29, 1.82) is 0 Å². The van der Waals surface area contributed by atoms with Crippen LogP contribution in [0.3, 0.4) is 0 Å². The van der Waals surface area contributed by atoms with Crippen molar-refractivity contribution in [2.45, 2.75) is 18.9 Å². The minimum atomic E-state index is -0.359. The van der Waals surface area contributed by atoms with Gasteiger partial charge in [0.15, 0.2) is 5.69 Å². The predicted molar refractivity (Wildman–Crippen MR) is 110 cm³/mol. The van der Waals surface area contributed by atoms with E-state index in [9.17, 15) is 4.79 Å². The van der Waals surface area contributed by atoms with E-state index in [1.807, 2.05) is 60.7 Å². The molecule has 1 heterocycles. The highest BCUT2D eigenvalue weighted by atomic mass is 16.3. The van der Waals surface area contributed by atoms with E-state index >= 15 is 0 Å². The summed E-state index contributed by atoms with van der Waals surface area (Å²) in [4.78, 5) is 16.8. The fourth-order valence-corrected chi connectivity index (χ4v) is 3.11. The summed E-state index contributed by atoms with van der Waals surface area (Å²) in [6.07, 6.45) is 2.87. The van der Waals surface area contributed by atoms with Gasteiger partial charge >= 0.3 is 0 Å². The van der Waals surface area contributed by atoms with E-state index in [-0.39, 0.29) is 17.6 Å². The summed E-state index contributed by atoms with van der Waals surface area (Å²) in [6.45, 7) is 0. The molecule has 1 atom stereocenters. The zero-order valence-corrected chi connectivity index (χ0v) is 15.3. The number of nitrogens with zero attached hydrogens (tertiary/aromatic N) is 1. The van der Waals surface area contributed by atoms with Gasteiger partial charge in [-0.05, 0) is 41.3 Å². The molecule has 4 rings (SSSR count). The van der Waals surface area contributed by atoms with Crippen LogP contribution in [0.4, 0.5) is 5.69 Å². The van der Waals surface area contributed by atoms with Crippen molar-refractivity contribution >= 4 is 22.4 Å². The number of hydrogen-bond donors (Lipinski definition) is 2. The Bertz CT molecular complexity index is 1090. The third-order valence-electron chi connectivity index (χ3n) is 4.67. The predicted octanol–water partition coefficient (Wildman–Crippen LogP) is 4.71. The van der Waals surface area contributed by atoms with Crippen LogP contribution in [0, 0.1) is 0 Å². The molecule has 0 saturated carbocycles. The number of aromatic nitrogens is 1. The number of carbonyl (C=O) groups is 1. The molecule has 0 bridgehead atoms. The van der Waals surface area contributed by atoms with E-state index in [4.69, 9.17) is 10.2 Å². The molecule has 0 saturated heterocycles. The standard InChI is InChI=1S/C23H21N3O2/c24-20(13-10-16-6-2-1-3-7-16)23-26-21(15-28-23)22(27)25-19-12-11-17-8-4-5-9-18(17)14-19/h1-9,11-12,14-15,20H,10,13,24H2,(H,25,27). The number of benzene rings is 3. The molecule has 3 N–H and O–H groups in total. The van der Waals surface area contributed by atoms with Crippen LogP contribution >= 0.6 is 0 Å². The van der Waals surface area contributed by atoms with E-state index in [1.165, 1.54) is 11.8 Å². The van der Waals surface area contributed by atoms with Crippen molar-refractivity contribution in [3.05, 3.63) is 96.2 Å². The minimum absolute atomic E-state index is 0.221. The Hall–Kier alpha value is -3.44. The second-order valence-corrected chi connectivity index (χ2v) is 6.72. The average molecular weight is 371 g/mol. The highest BCUT2D eigenvalue weighted by Gasteiger charge is 2.17. The van der Waals surface area contributed by atoms with Crippen LogP contribution in [-0.2, 0) is 6.42 Å². The van der Waals surface area contributed by atoms with Crippen molar-refractivity contribution in [2.24, 2.45) is 5.73 Å². The molecular weight excluding hydrogens is 350 g/mol. The van der Waals surface area contributed by atoms with Crippen LogP contribution in [0.1, 0.15) is 34.4 Å². The van der Waals surface area contributed by atoms with Gasteiger partial charge in [0.25, 0.3) is 5.91 Å². The van der Waals surface area contributed by atoms with Gasteiger partial charge in [-0.25, -0.2) is 4.98 Å². The highest BCUT2D eigenvalue weighted by molar-refractivity contribution is 6.03. The topological polar surface area (TPSA) is 81.1 Å². The number of fused-ring (bicyclic) bond motifs is 1. The number of carbonyl (C=O) groups excluding carboxylic acids is 1. The van der Waals surface area contributed by atoms with E-state index in [2.05, 4.69) is 22.4 Å². The normalized spacial score (nSPS) is 12.0. The Kier molecular flexibility index (Phi) is 5.17. The third-order valence-corrected chi connectivity index (χ3v) is 4.67. The molecule has 0 aliphatic rings. The number of oxazole rings is 1. The lowest BCUT2D eigenvalue weighted by atomic mass is 10.1. The highest BCUT2D eigenvalue weighted by Crippen LogP contribution is 2.20. The Morgan fingerprint density at radius 3 is 2.57 bits per heavy atom. The average Bonchev–Trinajstić information content (AvgIpc) is 3.23. The fourth-order valence-electron chi connectivity index (χ4n) is 3.11. The second kappa shape index (κ2) is 8.06. The Labute approximate surface area is 163 Å². The van der Waals surface area contributed by atoms with Gasteiger partial charge in [-0.15, -0.1) is 0 Å². The van der Waals surface area contributed by atoms with Gasteiger partial charge in [0, 0.05) is 5.69 Å². The van der Waals surface area contributed by atoms with Crippen LogP contribution in [0.5, 0.6) is 0 Å². The number of nitrogens with two attached hydrogens (primary N) is 1. The molecule has 1 unspecified atom stereocenters. The first-order valence-electron chi connectivity index (χ1n) is 9.24. The lowest BCUT2D eigenvalue weighted by Crippen LogP contribution is -2.15. The maximum atomic E-state index is 12.5. The van der Waals surface area contributed by atoms with E-state index in [0.29, 0.717) is 18.0 Å². The number of rotatable bonds is 6. The van der Waals surface area contributed by atoms with Gasteiger partial charge in [-0.2, -0.15) is 0 Å². The molecule has 5 nitrogen and oxygen atoms in total. The first-order valence-corrected chi connectivity index (χ1v) is 9.24. The number of nitrogens with one attached hydrogen (secondary N) is 1. The van der Waals surface area contributed by atoms with Crippen LogP contribution in [-0.4, -0.2) is 10.9 Å². The zero-order chi connectivity index (χ0) is 19.3. The van der Waals surface area contributed by atoms with Crippen molar-refractivity contribution in [1.82, 2.24) is 4.98 Å². The summed E-state index contributed by atoms with van der Waals surface area (Å²) in [5.74, 6) is 0.0557. The zero-order valence-electron chi connectivity index (χ0n) is 15.3. The number of anilines is 1. The summed E-state index contributed by atoms with van der Waals surface area (Å²) < 4.78 is 5.45. The molecule has 4 aromatic rings. The molecule has 0 fully saturated rings. The van der Waals surface area contributed by atoms with Crippen molar-refractivity contribution in [3.8, 4) is 0 Å². The lowest BCUT2D eigenvalue weighted by Gasteiger charge is -2.07. The monoisotopic (exact) mass is 371 g/mol. The van der Waals surface area contributed by atoms with Gasteiger partial charge < -0.3 is 15.5 Å². The summed E-state index contributed by atoms with van der Waals surface area (Å²) in [6, 6.07) is 23.5. The lowest BCUT2D eigenvalue weighted by molar-refractivity contribution is 0.102. The third kappa shape index (κ3) is 4.10. The number of hydrogen-bond acceptors (Lipinski definition) is 4. The van der Waals surface area contributed by atoms with Crippen molar-refractivity contribution < 1.29 is 9.21 Å². The number of amides is 1. The van der Waals surface area contributed by atoms with Crippen LogP contribution in [0.15, 0.2) is 83.5 Å². The van der Waals surface area contributed by atoms with Crippen LogP contribution in [0.25, 0.3) is 10.8 Å². The molecule has 5 heteroatoms. The summed E-state index contributed by atoms with van der Waals surface area (Å²) in [5.41, 5.74) is 8.32. The largest absolute Gasteiger partial charge is 0.446 e. The molecule has 0 aliphatic heterocycles. The van der Waals surface area contributed by atoms with Gasteiger partial charge in [-0.3, -0.25) is 4.79 Å². The summed E-state index contributed by atoms with van der Waals surface area (Å²) in [7, 11) is 0. The molecule has 1 amide bonds. The smallest absolute Gasteiger partial charge is 0.277 e. The number of aryl methyl sites for hydroxylation is 1. The Balaban J connectivity index is 1.40. The quantitative estimate of drug-likeness (QED) is 0.514. The molecule has 28 heavy (non-hydrogen) atoms. The molecule has 3 aromatic carbocycles. The van der Waals surface area contributed by atoms with Gasteiger partial charge in [0.1, 0.15) is 6.26 Å². The van der Waals surface area contributed by atoms with Crippen molar-refractivity contribution in [2.75, 3.05) is 5.32 Å². The van der Waals surface area contributed by atoms with E-state index in [0.717, 1.165) is 17.2 Å². The van der Waals surface area contributed by atoms with E-state index in [1.54, 1.807) is 0 Å². The molecule has 140 valence electrons. The van der Waals surface area contributed by atoms with Crippen LogP contribution < -0.4 is 11.1 Å². The van der Waals surface area contributed by atoms with Crippen LogP contribution in [0.2, 0.25) is 0 Å². The minimum Gasteiger partial charge on any atom is -0.446 e. The maximum Gasteiger partial charge on any atom is 0.277 e. The first-order chi connectivity index (χ1) is 13.7. The van der Waals surface area contributed by atoms with Crippen molar-refractivity contribution in [3.63, 3.8) is 0 Å². The maximum absolute atomic E-state index is 12.5. The van der Waals surface area contributed by atoms with Gasteiger partial charge in [0.2, 0.25) is 5.89 Å². The van der Waals surface area contributed by atoms with Gasteiger partial charge in [0.05, 0.1) is 6.04 Å². The summed E-state index contributed by atoms with van der Waals surface area (Å²) in [5, 5.41) is 5.04. The fraction of sp³-hybridized carbons (Fsp3) is 0.130. The van der Waals surface area contributed by atoms with E-state index < -0.39 is 0 Å². The SMILES string of the molecule is NC(CCc1ccccc1)c1nc(C(=O)Nc2ccc3ccccc3c2)co1. The Morgan fingerprint density at radius 1 is 1.00 bits per heavy atom. The van der Waals surface area contributed by atoms with Gasteiger partial charge in [-0.1, -0.05) is 60.7 Å². The molecule has 0 radical (unpaired) electrons. The Morgan fingerprint density at radius 2 is 1.75 bits per heavy atom. The molecule has 1 aromatic heterocycles. The second-order valence-electron chi connectivity index (χ2n) is 6.72.